The summed E-state index contributed by atoms with van der Waals surface area (Å²) in [6.45, 7) is 0. The number of carbonyl (C=O) groups excluding carboxylic acids is 3. The van der Waals surface area contributed by atoms with Gasteiger partial charge in [0.2, 0.25) is 11.6 Å². The predicted octanol–water partition coefficient (Wildman–Crippen LogP) is 2.65. The number of hydrogen-bond acceptors (Lipinski definition) is 3. The van der Waals surface area contributed by atoms with Gasteiger partial charge < -0.3 is 10.6 Å². The average molecular weight is 400 g/mol. The lowest BCUT2D eigenvalue weighted by atomic mass is 9.98. The zero-order chi connectivity index (χ0) is 17.6. The van der Waals surface area contributed by atoms with Gasteiger partial charge in [-0.1, -0.05) is 34.1 Å². The SMILES string of the molecule is O=C1N[C@@]2(C(=O)Nc3cccc(Br)c3)CCC(=O)N2c2ccccc21. The van der Waals surface area contributed by atoms with E-state index >= 15 is 0 Å². The molecule has 0 radical (unpaired) electrons. The van der Waals surface area contributed by atoms with Gasteiger partial charge in [0.1, 0.15) is 0 Å². The van der Waals surface area contributed by atoms with Gasteiger partial charge in [0.05, 0.1) is 11.3 Å². The first kappa shape index (κ1) is 15.8. The van der Waals surface area contributed by atoms with Crippen LogP contribution in [0.2, 0.25) is 0 Å². The van der Waals surface area contributed by atoms with Crippen LogP contribution in [0, 0.1) is 0 Å². The van der Waals surface area contributed by atoms with Crippen molar-refractivity contribution in [1.82, 2.24) is 5.32 Å². The summed E-state index contributed by atoms with van der Waals surface area (Å²) in [4.78, 5) is 39.5. The number of amides is 3. The van der Waals surface area contributed by atoms with Crippen molar-refractivity contribution >= 4 is 45.0 Å². The number of halogens is 1. The molecule has 2 aliphatic rings. The Hall–Kier alpha value is -2.67. The van der Waals surface area contributed by atoms with Gasteiger partial charge in [-0.2, -0.15) is 0 Å². The average Bonchev–Trinajstić information content (AvgIpc) is 2.93. The molecule has 2 aliphatic heterocycles. The van der Waals surface area contributed by atoms with Gasteiger partial charge in [0, 0.05) is 23.0 Å². The first-order valence-corrected chi connectivity index (χ1v) is 8.62. The highest BCUT2D eigenvalue weighted by Gasteiger charge is 2.56. The molecule has 0 bridgehead atoms. The van der Waals surface area contributed by atoms with Crippen LogP contribution in [0.3, 0.4) is 0 Å². The van der Waals surface area contributed by atoms with E-state index in [1.165, 1.54) is 4.90 Å². The molecule has 1 atom stereocenters. The van der Waals surface area contributed by atoms with Crippen LogP contribution in [-0.4, -0.2) is 23.4 Å². The van der Waals surface area contributed by atoms with E-state index in [2.05, 4.69) is 26.6 Å². The van der Waals surface area contributed by atoms with E-state index in [1.54, 1.807) is 42.5 Å². The Bertz CT molecular complexity index is 914. The monoisotopic (exact) mass is 399 g/mol. The van der Waals surface area contributed by atoms with Crippen LogP contribution in [0.4, 0.5) is 11.4 Å². The second-order valence-corrected chi connectivity index (χ2v) is 6.94. The molecular weight excluding hydrogens is 386 g/mol. The Kier molecular flexibility index (Phi) is 3.61. The van der Waals surface area contributed by atoms with E-state index in [4.69, 9.17) is 0 Å². The fourth-order valence-corrected chi connectivity index (χ4v) is 3.77. The second kappa shape index (κ2) is 5.70. The summed E-state index contributed by atoms with van der Waals surface area (Å²) in [5.74, 6) is -0.970. The third-order valence-electron chi connectivity index (χ3n) is 4.50. The molecule has 0 aliphatic carbocycles. The lowest BCUT2D eigenvalue weighted by Gasteiger charge is -2.41. The van der Waals surface area contributed by atoms with Crippen molar-refractivity contribution < 1.29 is 14.4 Å². The normalized spacial score (nSPS) is 21.4. The molecule has 0 saturated carbocycles. The van der Waals surface area contributed by atoms with E-state index in [1.807, 2.05) is 6.07 Å². The fraction of sp³-hybridized carbons (Fsp3) is 0.167. The standard InChI is InChI=1S/C18H14BrN3O3/c19-11-4-3-5-12(10-11)20-17(25)18-9-8-15(23)22(18)14-7-2-1-6-13(14)16(24)21-18/h1-7,10H,8-9H2,(H,20,25)(H,21,24)/t18-/m0/s1. The molecule has 7 heteroatoms. The minimum absolute atomic E-state index is 0.183. The quantitative estimate of drug-likeness (QED) is 0.814. The predicted molar refractivity (Wildman–Crippen MR) is 96.1 cm³/mol. The van der Waals surface area contributed by atoms with Gasteiger partial charge in [-0.05, 0) is 30.3 Å². The molecule has 4 rings (SSSR count). The van der Waals surface area contributed by atoms with Gasteiger partial charge in [-0.3, -0.25) is 19.3 Å². The van der Waals surface area contributed by atoms with Crippen LogP contribution >= 0.6 is 15.9 Å². The molecule has 1 fully saturated rings. The summed E-state index contributed by atoms with van der Waals surface area (Å²) in [5.41, 5.74) is 0.0492. The molecule has 0 spiro atoms. The molecule has 0 aromatic heterocycles. The van der Waals surface area contributed by atoms with E-state index in [-0.39, 0.29) is 24.7 Å². The van der Waals surface area contributed by atoms with E-state index < -0.39 is 11.6 Å². The molecule has 2 aromatic carbocycles. The van der Waals surface area contributed by atoms with Gasteiger partial charge in [-0.25, -0.2) is 0 Å². The Morgan fingerprint density at radius 3 is 2.76 bits per heavy atom. The molecule has 3 amide bonds. The first-order chi connectivity index (χ1) is 12.0. The number of carbonyl (C=O) groups is 3. The summed E-state index contributed by atoms with van der Waals surface area (Å²) in [6, 6.07) is 14.0. The van der Waals surface area contributed by atoms with Crippen molar-refractivity contribution in [2.24, 2.45) is 0 Å². The van der Waals surface area contributed by atoms with Crippen LogP contribution in [0.5, 0.6) is 0 Å². The molecule has 1 saturated heterocycles. The molecule has 0 unspecified atom stereocenters. The summed E-state index contributed by atoms with van der Waals surface area (Å²) < 4.78 is 0.820. The molecule has 2 aromatic rings. The highest BCUT2D eigenvalue weighted by Crippen LogP contribution is 2.39. The highest BCUT2D eigenvalue weighted by atomic mass is 79.9. The summed E-state index contributed by atoms with van der Waals surface area (Å²) >= 11 is 3.36. The Labute approximate surface area is 152 Å². The third kappa shape index (κ3) is 2.42. The Morgan fingerprint density at radius 1 is 1.16 bits per heavy atom. The van der Waals surface area contributed by atoms with Crippen LogP contribution in [0.1, 0.15) is 23.2 Å². The topological polar surface area (TPSA) is 78.5 Å². The highest BCUT2D eigenvalue weighted by molar-refractivity contribution is 9.10. The van der Waals surface area contributed by atoms with E-state index in [0.717, 1.165) is 4.47 Å². The largest absolute Gasteiger partial charge is 0.322 e. The molecule has 126 valence electrons. The minimum atomic E-state index is -1.40. The molecule has 2 heterocycles. The van der Waals surface area contributed by atoms with E-state index in [0.29, 0.717) is 16.9 Å². The lowest BCUT2D eigenvalue weighted by molar-refractivity contribution is -0.124. The lowest BCUT2D eigenvalue weighted by Crippen LogP contribution is -2.68. The van der Waals surface area contributed by atoms with Crippen molar-refractivity contribution in [3.05, 3.63) is 58.6 Å². The number of para-hydroxylation sites is 1. The first-order valence-electron chi connectivity index (χ1n) is 7.83. The van der Waals surface area contributed by atoms with Gasteiger partial charge >= 0.3 is 0 Å². The van der Waals surface area contributed by atoms with E-state index in [9.17, 15) is 14.4 Å². The summed E-state index contributed by atoms with van der Waals surface area (Å²) in [7, 11) is 0. The number of nitrogens with zero attached hydrogens (tertiary/aromatic N) is 1. The van der Waals surface area contributed by atoms with Crippen molar-refractivity contribution in [3.63, 3.8) is 0 Å². The van der Waals surface area contributed by atoms with Crippen molar-refractivity contribution in [2.75, 3.05) is 10.2 Å². The number of fused-ring (bicyclic) bond motifs is 3. The maximum atomic E-state index is 13.0. The van der Waals surface area contributed by atoms with Crippen LogP contribution < -0.4 is 15.5 Å². The van der Waals surface area contributed by atoms with Gasteiger partial charge in [-0.15, -0.1) is 0 Å². The maximum Gasteiger partial charge on any atom is 0.271 e. The maximum absolute atomic E-state index is 13.0. The van der Waals surface area contributed by atoms with Crippen LogP contribution in [0.25, 0.3) is 0 Å². The number of hydrogen-bond donors (Lipinski definition) is 2. The van der Waals surface area contributed by atoms with Crippen LogP contribution in [0.15, 0.2) is 53.0 Å². The molecule has 25 heavy (non-hydrogen) atoms. The second-order valence-electron chi connectivity index (χ2n) is 6.03. The summed E-state index contributed by atoms with van der Waals surface area (Å²) in [6.07, 6.45) is 0.423. The molecule has 6 nitrogen and oxygen atoms in total. The number of rotatable bonds is 2. The molecule has 2 N–H and O–H groups in total. The van der Waals surface area contributed by atoms with Gasteiger partial charge in [0.15, 0.2) is 0 Å². The zero-order valence-corrected chi connectivity index (χ0v) is 14.7. The number of nitrogens with one attached hydrogen (secondary N) is 2. The van der Waals surface area contributed by atoms with Crippen molar-refractivity contribution in [3.8, 4) is 0 Å². The number of anilines is 2. The van der Waals surface area contributed by atoms with Crippen LogP contribution in [-0.2, 0) is 9.59 Å². The number of benzene rings is 2. The van der Waals surface area contributed by atoms with Crippen molar-refractivity contribution in [1.29, 1.82) is 0 Å². The Balaban J connectivity index is 1.76. The van der Waals surface area contributed by atoms with Crippen molar-refractivity contribution in [2.45, 2.75) is 18.5 Å². The third-order valence-corrected chi connectivity index (χ3v) is 4.99. The fourth-order valence-electron chi connectivity index (χ4n) is 3.37. The smallest absolute Gasteiger partial charge is 0.271 e. The zero-order valence-electron chi connectivity index (χ0n) is 13.1. The van der Waals surface area contributed by atoms with Gasteiger partial charge in [0.25, 0.3) is 11.8 Å². The minimum Gasteiger partial charge on any atom is -0.322 e. The summed E-state index contributed by atoms with van der Waals surface area (Å²) in [5, 5.41) is 5.56. The Morgan fingerprint density at radius 2 is 1.96 bits per heavy atom. The molecular formula is C18H14BrN3O3.